The second-order valence-corrected chi connectivity index (χ2v) is 6.93. The molecule has 1 N–H and O–H groups in total. The first kappa shape index (κ1) is 18.7. The Hall–Kier alpha value is -3.66. The third kappa shape index (κ3) is 3.83. The molecule has 0 aliphatic rings. The van der Waals surface area contributed by atoms with Gasteiger partial charge in [0.2, 0.25) is 0 Å². The highest BCUT2D eigenvalue weighted by molar-refractivity contribution is 6.05. The second-order valence-electron chi connectivity index (χ2n) is 6.93. The molecule has 1 amide bonds. The van der Waals surface area contributed by atoms with E-state index in [9.17, 15) is 9.59 Å². The lowest BCUT2D eigenvalue weighted by molar-refractivity contribution is 0.0955. The van der Waals surface area contributed by atoms with Crippen molar-refractivity contribution in [3.63, 3.8) is 0 Å². The van der Waals surface area contributed by atoms with Gasteiger partial charge in [0.25, 0.3) is 5.91 Å². The highest BCUT2D eigenvalue weighted by atomic mass is 16.3. The Morgan fingerprint density at radius 2 is 1.59 bits per heavy atom. The van der Waals surface area contributed by atoms with Crippen LogP contribution in [0.2, 0.25) is 0 Å². The number of para-hydroxylation sites is 1. The van der Waals surface area contributed by atoms with E-state index in [1.165, 1.54) is 0 Å². The van der Waals surface area contributed by atoms with E-state index >= 15 is 0 Å². The maximum atomic E-state index is 12.9. The molecule has 1 aromatic heterocycles. The van der Waals surface area contributed by atoms with E-state index in [4.69, 9.17) is 4.42 Å². The molecule has 4 aromatic rings. The summed E-state index contributed by atoms with van der Waals surface area (Å²) in [4.78, 5) is 25.7. The van der Waals surface area contributed by atoms with Crippen molar-refractivity contribution in [1.29, 1.82) is 0 Å². The average molecular weight is 383 g/mol. The third-order valence-corrected chi connectivity index (χ3v) is 4.97. The predicted molar refractivity (Wildman–Crippen MR) is 115 cm³/mol. The normalized spacial score (nSPS) is 10.8. The van der Waals surface area contributed by atoms with E-state index in [1.54, 1.807) is 25.1 Å². The zero-order chi connectivity index (χ0) is 20.2. The van der Waals surface area contributed by atoms with Crippen LogP contribution in [0, 0.1) is 6.92 Å². The summed E-state index contributed by atoms with van der Waals surface area (Å²) >= 11 is 0. The fourth-order valence-corrected chi connectivity index (χ4v) is 3.41. The van der Waals surface area contributed by atoms with Crippen LogP contribution in [0.3, 0.4) is 0 Å². The molecule has 1 heterocycles. The van der Waals surface area contributed by atoms with E-state index in [0.29, 0.717) is 34.4 Å². The van der Waals surface area contributed by atoms with Crippen molar-refractivity contribution < 1.29 is 9.21 Å². The van der Waals surface area contributed by atoms with Crippen LogP contribution in [0.1, 0.15) is 21.5 Å². The minimum atomic E-state index is -0.252. The minimum absolute atomic E-state index is 0.121. The number of carbonyl (C=O) groups is 1. The van der Waals surface area contributed by atoms with Gasteiger partial charge in [0.1, 0.15) is 5.76 Å². The van der Waals surface area contributed by atoms with Gasteiger partial charge in [-0.3, -0.25) is 9.59 Å². The molecule has 4 nitrogen and oxygen atoms in total. The molecule has 0 atom stereocenters. The van der Waals surface area contributed by atoms with Gasteiger partial charge < -0.3 is 9.73 Å². The first-order valence-corrected chi connectivity index (χ1v) is 9.59. The summed E-state index contributed by atoms with van der Waals surface area (Å²) in [5.74, 6) is 0.241. The molecule has 4 heteroatoms. The van der Waals surface area contributed by atoms with Gasteiger partial charge in [-0.25, -0.2) is 0 Å². The topological polar surface area (TPSA) is 59.3 Å². The van der Waals surface area contributed by atoms with Crippen LogP contribution in [0.25, 0.3) is 22.3 Å². The van der Waals surface area contributed by atoms with Crippen LogP contribution in [0.5, 0.6) is 0 Å². The fourth-order valence-electron chi connectivity index (χ4n) is 3.41. The molecule has 4 rings (SSSR count). The Morgan fingerprint density at radius 3 is 2.31 bits per heavy atom. The van der Waals surface area contributed by atoms with Crippen molar-refractivity contribution in [2.45, 2.75) is 13.3 Å². The van der Waals surface area contributed by atoms with E-state index in [0.717, 1.165) is 17.5 Å². The van der Waals surface area contributed by atoms with Crippen molar-refractivity contribution in [3.05, 3.63) is 106 Å². The molecular weight excluding hydrogens is 362 g/mol. The molecule has 0 saturated carbocycles. The van der Waals surface area contributed by atoms with Crippen molar-refractivity contribution in [3.8, 4) is 11.3 Å². The first-order chi connectivity index (χ1) is 14.1. The smallest absolute Gasteiger partial charge is 0.255 e. The summed E-state index contributed by atoms with van der Waals surface area (Å²) in [5.41, 5.74) is 3.06. The summed E-state index contributed by atoms with van der Waals surface area (Å²) in [6.45, 7) is 2.25. The van der Waals surface area contributed by atoms with Crippen molar-refractivity contribution in [1.82, 2.24) is 5.32 Å². The van der Waals surface area contributed by atoms with E-state index in [-0.39, 0.29) is 11.3 Å². The van der Waals surface area contributed by atoms with Gasteiger partial charge in [-0.15, -0.1) is 0 Å². The molecule has 0 radical (unpaired) electrons. The van der Waals surface area contributed by atoms with Gasteiger partial charge in [-0.05, 0) is 31.0 Å². The first-order valence-electron chi connectivity index (χ1n) is 9.59. The summed E-state index contributed by atoms with van der Waals surface area (Å²) in [7, 11) is 0. The summed E-state index contributed by atoms with van der Waals surface area (Å²) in [5, 5.41) is 3.35. The minimum Gasteiger partial charge on any atom is -0.455 e. The second kappa shape index (κ2) is 8.15. The monoisotopic (exact) mass is 383 g/mol. The summed E-state index contributed by atoms with van der Waals surface area (Å²) in [6, 6.07) is 24.5. The zero-order valence-corrected chi connectivity index (χ0v) is 16.1. The van der Waals surface area contributed by atoms with Crippen LogP contribution in [0.15, 0.2) is 88.1 Å². The third-order valence-electron chi connectivity index (χ3n) is 4.97. The van der Waals surface area contributed by atoms with Crippen LogP contribution in [0.4, 0.5) is 0 Å². The Labute approximate surface area is 168 Å². The standard InChI is InChI=1S/C25H21NO3/c1-17-22(27)20-13-8-14-21(24(20)29-23(17)19-11-6-3-7-12-19)25(28)26-16-15-18-9-4-2-5-10-18/h2-14H,15-16H2,1H3,(H,26,28). The van der Waals surface area contributed by atoms with Crippen LogP contribution < -0.4 is 10.7 Å². The lowest BCUT2D eigenvalue weighted by Crippen LogP contribution is -2.26. The maximum Gasteiger partial charge on any atom is 0.255 e. The molecule has 0 aliphatic heterocycles. The van der Waals surface area contributed by atoms with E-state index < -0.39 is 0 Å². The van der Waals surface area contributed by atoms with Crippen LogP contribution in [-0.2, 0) is 6.42 Å². The van der Waals surface area contributed by atoms with Crippen LogP contribution in [-0.4, -0.2) is 12.5 Å². The molecule has 29 heavy (non-hydrogen) atoms. The van der Waals surface area contributed by atoms with E-state index in [1.807, 2.05) is 60.7 Å². The lowest BCUT2D eigenvalue weighted by Gasteiger charge is -2.11. The highest BCUT2D eigenvalue weighted by Gasteiger charge is 2.18. The van der Waals surface area contributed by atoms with Gasteiger partial charge in [-0.2, -0.15) is 0 Å². The molecule has 0 aliphatic carbocycles. The number of hydrogen-bond acceptors (Lipinski definition) is 3. The lowest BCUT2D eigenvalue weighted by atomic mass is 10.0. The number of amides is 1. The SMILES string of the molecule is Cc1c(-c2ccccc2)oc2c(C(=O)NCCc3ccccc3)cccc2c1=O. The van der Waals surface area contributed by atoms with Crippen molar-refractivity contribution in [2.24, 2.45) is 0 Å². The Kier molecular flexibility index (Phi) is 5.25. The number of benzene rings is 3. The molecule has 0 saturated heterocycles. The van der Waals surface area contributed by atoms with Gasteiger partial charge in [0, 0.05) is 17.7 Å². The number of carbonyl (C=O) groups excluding carboxylic acids is 1. The molecule has 0 spiro atoms. The largest absolute Gasteiger partial charge is 0.455 e. The number of nitrogens with one attached hydrogen (secondary N) is 1. The van der Waals surface area contributed by atoms with Gasteiger partial charge in [-0.1, -0.05) is 66.7 Å². The molecule has 144 valence electrons. The Bertz CT molecular complexity index is 1210. The number of hydrogen-bond donors (Lipinski definition) is 1. The van der Waals surface area contributed by atoms with Gasteiger partial charge in [0.15, 0.2) is 11.0 Å². The molecular formula is C25H21NO3. The highest BCUT2D eigenvalue weighted by Crippen LogP contribution is 2.27. The van der Waals surface area contributed by atoms with Crippen molar-refractivity contribution >= 4 is 16.9 Å². The predicted octanol–water partition coefficient (Wildman–Crippen LogP) is 4.74. The van der Waals surface area contributed by atoms with Crippen molar-refractivity contribution in [2.75, 3.05) is 6.54 Å². The zero-order valence-electron chi connectivity index (χ0n) is 16.1. The van der Waals surface area contributed by atoms with E-state index in [2.05, 4.69) is 5.32 Å². The summed E-state index contributed by atoms with van der Waals surface area (Å²) < 4.78 is 6.12. The molecule has 0 fully saturated rings. The molecule has 0 bridgehead atoms. The van der Waals surface area contributed by atoms with Gasteiger partial charge in [0.05, 0.1) is 10.9 Å². The molecule has 0 unspecified atom stereocenters. The molecule has 3 aromatic carbocycles. The summed E-state index contributed by atoms with van der Waals surface area (Å²) in [6.07, 6.45) is 0.732. The number of fused-ring (bicyclic) bond motifs is 1. The fraction of sp³-hybridized carbons (Fsp3) is 0.120. The van der Waals surface area contributed by atoms with Crippen LogP contribution >= 0.6 is 0 Å². The quantitative estimate of drug-likeness (QED) is 0.541. The average Bonchev–Trinajstić information content (AvgIpc) is 2.77. The maximum absolute atomic E-state index is 12.9. The Balaban J connectivity index is 1.68. The van der Waals surface area contributed by atoms with Gasteiger partial charge >= 0.3 is 0 Å². The Morgan fingerprint density at radius 1 is 0.897 bits per heavy atom. The number of rotatable bonds is 5.